The normalized spacial score (nSPS) is 38.3. The average molecular weight is 246 g/mol. The zero-order valence-corrected chi connectivity index (χ0v) is 11.2. The van der Waals surface area contributed by atoms with Gasteiger partial charge in [0.15, 0.2) is 0 Å². The maximum absolute atomic E-state index is 11.5. The molecule has 4 atom stereocenters. The van der Waals surface area contributed by atoms with E-state index in [0.717, 1.165) is 25.0 Å². The Morgan fingerprint density at radius 2 is 2.28 bits per heavy atom. The van der Waals surface area contributed by atoms with Crippen molar-refractivity contribution in [1.82, 2.24) is 4.98 Å². The van der Waals surface area contributed by atoms with Crippen LogP contribution in [0.25, 0.3) is 0 Å². The molecule has 0 aromatic carbocycles. The van der Waals surface area contributed by atoms with Crippen molar-refractivity contribution in [2.75, 3.05) is 0 Å². The first-order valence-corrected chi connectivity index (χ1v) is 7.06. The third kappa shape index (κ3) is 1.57. The Labute approximate surface area is 108 Å². The van der Waals surface area contributed by atoms with E-state index in [1.165, 1.54) is 12.0 Å². The predicted octanol–water partition coefficient (Wildman–Crippen LogP) is 2.16. The Morgan fingerprint density at radius 3 is 3.00 bits per heavy atom. The number of nitrogens with one attached hydrogen (secondary N) is 1. The number of aromatic amines is 1. The van der Waals surface area contributed by atoms with E-state index in [0.29, 0.717) is 17.8 Å². The minimum absolute atomic E-state index is 0.00146. The van der Waals surface area contributed by atoms with Crippen molar-refractivity contribution in [1.29, 1.82) is 0 Å². The lowest BCUT2D eigenvalue weighted by Gasteiger charge is -2.52. The molecule has 0 aliphatic heterocycles. The maximum atomic E-state index is 11.5. The third-order valence-corrected chi connectivity index (χ3v) is 5.03. The van der Waals surface area contributed by atoms with Gasteiger partial charge in [0.2, 0.25) is 5.56 Å². The van der Waals surface area contributed by atoms with E-state index in [-0.39, 0.29) is 11.1 Å². The molecule has 2 aliphatic rings. The Balaban J connectivity index is 2.17. The fourth-order valence-corrected chi connectivity index (χ4v) is 4.52. The lowest BCUT2D eigenvalue weighted by Crippen LogP contribution is -2.55. The van der Waals surface area contributed by atoms with Crippen LogP contribution in [0.15, 0.2) is 16.9 Å². The SMILES string of the molecule is CCC1[C@H]2Cc3[nH]c(=O)ccc3[C@@]1(N)CC(C)C2. The van der Waals surface area contributed by atoms with Gasteiger partial charge < -0.3 is 10.7 Å². The molecule has 98 valence electrons. The van der Waals surface area contributed by atoms with Gasteiger partial charge in [-0.15, -0.1) is 0 Å². The van der Waals surface area contributed by atoms with Gasteiger partial charge in [-0.2, -0.15) is 0 Å². The number of pyridine rings is 1. The molecule has 1 heterocycles. The van der Waals surface area contributed by atoms with Gasteiger partial charge >= 0.3 is 0 Å². The number of hydrogen-bond acceptors (Lipinski definition) is 2. The second-order valence-electron chi connectivity index (χ2n) is 6.28. The first kappa shape index (κ1) is 12.0. The zero-order valence-electron chi connectivity index (χ0n) is 11.2. The minimum atomic E-state index is -0.227. The third-order valence-electron chi connectivity index (χ3n) is 5.03. The quantitative estimate of drug-likeness (QED) is 0.797. The average Bonchev–Trinajstić information content (AvgIpc) is 2.26. The number of rotatable bonds is 1. The Hall–Kier alpha value is -1.09. The van der Waals surface area contributed by atoms with Crippen molar-refractivity contribution < 1.29 is 0 Å². The number of H-pyrrole nitrogens is 1. The monoisotopic (exact) mass is 246 g/mol. The Bertz CT molecular complexity index is 521. The molecule has 3 nitrogen and oxygen atoms in total. The maximum Gasteiger partial charge on any atom is 0.248 e. The molecule has 0 spiro atoms. The van der Waals surface area contributed by atoms with Crippen LogP contribution in [0.2, 0.25) is 0 Å². The zero-order chi connectivity index (χ0) is 12.9. The lowest BCUT2D eigenvalue weighted by atomic mass is 9.56. The fourth-order valence-electron chi connectivity index (χ4n) is 4.52. The van der Waals surface area contributed by atoms with E-state index in [1.54, 1.807) is 6.07 Å². The molecule has 3 rings (SSSR count). The molecule has 3 N–H and O–H groups in total. The summed E-state index contributed by atoms with van der Waals surface area (Å²) in [4.78, 5) is 14.5. The van der Waals surface area contributed by atoms with Gasteiger partial charge in [-0.3, -0.25) is 4.79 Å². The topological polar surface area (TPSA) is 58.9 Å². The van der Waals surface area contributed by atoms with Gasteiger partial charge in [-0.1, -0.05) is 20.3 Å². The van der Waals surface area contributed by atoms with E-state index in [4.69, 9.17) is 5.73 Å². The van der Waals surface area contributed by atoms with E-state index in [1.807, 2.05) is 6.07 Å². The molecule has 1 saturated carbocycles. The van der Waals surface area contributed by atoms with Crippen LogP contribution in [0, 0.1) is 17.8 Å². The number of hydrogen-bond donors (Lipinski definition) is 2. The first-order valence-electron chi connectivity index (χ1n) is 7.06. The van der Waals surface area contributed by atoms with E-state index >= 15 is 0 Å². The smallest absolute Gasteiger partial charge is 0.248 e. The summed E-state index contributed by atoms with van der Waals surface area (Å²) < 4.78 is 0. The van der Waals surface area contributed by atoms with Crippen molar-refractivity contribution >= 4 is 0 Å². The summed E-state index contributed by atoms with van der Waals surface area (Å²) in [6.07, 6.45) is 4.41. The highest BCUT2D eigenvalue weighted by Gasteiger charge is 2.49. The lowest BCUT2D eigenvalue weighted by molar-refractivity contribution is 0.0606. The Kier molecular flexibility index (Phi) is 2.63. The van der Waals surface area contributed by atoms with Crippen molar-refractivity contribution in [2.24, 2.45) is 23.5 Å². The van der Waals surface area contributed by atoms with E-state index < -0.39 is 0 Å². The van der Waals surface area contributed by atoms with Gasteiger partial charge in [0.1, 0.15) is 0 Å². The molecule has 2 aliphatic carbocycles. The standard InChI is InChI=1S/C15H22N2O/c1-3-11-10-6-9(2)8-15(11,16)12-4-5-14(18)17-13(12)7-10/h4-5,9-11H,3,6-8,16H2,1-2H3,(H,17,18)/t9?,10-,11?,15-/m1/s1. The minimum Gasteiger partial charge on any atom is -0.326 e. The van der Waals surface area contributed by atoms with Crippen LogP contribution >= 0.6 is 0 Å². The summed E-state index contributed by atoms with van der Waals surface area (Å²) in [5.74, 6) is 1.88. The molecule has 1 fully saturated rings. The molecule has 0 saturated heterocycles. The second kappa shape index (κ2) is 3.95. The van der Waals surface area contributed by atoms with Crippen LogP contribution in [0.1, 0.15) is 44.4 Å². The van der Waals surface area contributed by atoms with Crippen molar-refractivity contribution in [3.05, 3.63) is 33.7 Å². The summed E-state index contributed by atoms with van der Waals surface area (Å²) in [5, 5.41) is 0. The van der Waals surface area contributed by atoms with Crippen LogP contribution in [-0.2, 0) is 12.0 Å². The summed E-state index contributed by atoms with van der Waals surface area (Å²) in [6, 6.07) is 3.59. The second-order valence-corrected chi connectivity index (χ2v) is 6.28. The fraction of sp³-hybridized carbons (Fsp3) is 0.667. The molecule has 2 unspecified atom stereocenters. The molecule has 0 amide bonds. The van der Waals surface area contributed by atoms with Gasteiger partial charge in [0.05, 0.1) is 0 Å². The highest BCUT2D eigenvalue weighted by molar-refractivity contribution is 5.34. The summed E-state index contributed by atoms with van der Waals surface area (Å²) in [5.41, 5.74) is 8.84. The molecule has 1 aromatic heterocycles. The van der Waals surface area contributed by atoms with Gasteiger partial charge in [-0.25, -0.2) is 0 Å². The predicted molar refractivity (Wildman–Crippen MR) is 72.3 cm³/mol. The molecule has 2 bridgehead atoms. The van der Waals surface area contributed by atoms with E-state index in [9.17, 15) is 4.79 Å². The molecule has 3 heteroatoms. The van der Waals surface area contributed by atoms with Gasteiger partial charge in [0, 0.05) is 17.3 Å². The van der Waals surface area contributed by atoms with Crippen LogP contribution in [0.5, 0.6) is 0 Å². The summed E-state index contributed by atoms with van der Waals surface area (Å²) >= 11 is 0. The van der Waals surface area contributed by atoms with Crippen LogP contribution in [-0.4, -0.2) is 4.98 Å². The largest absolute Gasteiger partial charge is 0.326 e. The molecule has 0 radical (unpaired) electrons. The Morgan fingerprint density at radius 1 is 1.50 bits per heavy atom. The molecular formula is C15H22N2O. The van der Waals surface area contributed by atoms with Crippen molar-refractivity contribution in [2.45, 2.75) is 45.1 Å². The number of aromatic nitrogens is 1. The number of fused-ring (bicyclic) bond motifs is 4. The molecular weight excluding hydrogens is 224 g/mol. The van der Waals surface area contributed by atoms with Crippen molar-refractivity contribution in [3.63, 3.8) is 0 Å². The van der Waals surface area contributed by atoms with Crippen LogP contribution in [0.3, 0.4) is 0 Å². The highest BCUT2D eigenvalue weighted by atomic mass is 16.1. The van der Waals surface area contributed by atoms with Gasteiger partial charge in [0.25, 0.3) is 0 Å². The van der Waals surface area contributed by atoms with Crippen molar-refractivity contribution in [3.8, 4) is 0 Å². The first-order chi connectivity index (χ1) is 8.54. The molecule has 1 aromatic rings. The van der Waals surface area contributed by atoms with Crippen LogP contribution in [0.4, 0.5) is 0 Å². The molecule has 18 heavy (non-hydrogen) atoms. The number of nitrogens with two attached hydrogens (primary N) is 1. The summed E-state index contributed by atoms with van der Waals surface area (Å²) in [6.45, 7) is 4.54. The van der Waals surface area contributed by atoms with Crippen LogP contribution < -0.4 is 11.3 Å². The highest BCUT2D eigenvalue weighted by Crippen LogP contribution is 2.51. The summed E-state index contributed by atoms with van der Waals surface area (Å²) in [7, 11) is 0. The van der Waals surface area contributed by atoms with E-state index in [2.05, 4.69) is 18.8 Å². The van der Waals surface area contributed by atoms with Gasteiger partial charge in [-0.05, 0) is 48.6 Å².